The van der Waals surface area contributed by atoms with Gasteiger partial charge in [-0.1, -0.05) is 6.42 Å². The fraction of sp³-hybridized carbons (Fsp3) is 0.933. The molecule has 0 amide bonds. The summed E-state index contributed by atoms with van der Waals surface area (Å²) in [5, 5.41) is 6.43. The molecule has 2 N–H and O–H groups in total. The van der Waals surface area contributed by atoms with Gasteiger partial charge in [0.05, 0.1) is 5.75 Å². The van der Waals surface area contributed by atoms with Crippen molar-refractivity contribution < 1.29 is 13.2 Å². The first-order valence-electron chi connectivity index (χ1n) is 8.10. The number of methoxy groups -OCH3 is 1. The number of aliphatic imine (C=N–C) groups is 1. The molecule has 1 aliphatic rings. The minimum Gasteiger partial charge on any atom is -0.385 e. The third kappa shape index (κ3) is 9.71. The molecule has 0 spiro atoms. The van der Waals surface area contributed by atoms with Gasteiger partial charge in [-0.2, -0.15) is 0 Å². The van der Waals surface area contributed by atoms with E-state index in [-0.39, 0.29) is 29.7 Å². The topological polar surface area (TPSA) is 79.8 Å². The number of nitrogens with zero attached hydrogens (tertiary/aromatic N) is 1. The zero-order chi connectivity index (χ0) is 16.5. The van der Waals surface area contributed by atoms with E-state index in [0.717, 1.165) is 32.1 Å². The summed E-state index contributed by atoms with van der Waals surface area (Å²) in [5.41, 5.74) is 0.297. The normalized spacial score (nSPS) is 17.1. The van der Waals surface area contributed by atoms with Crippen molar-refractivity contribution in [2.75, 3.05) is 45.4 Å². The van der Waals surface area contributed by atoms with Gasteiger partial charge in [-0.3, -0.25) is 4.99 Å². The minimum atomic E-state index is -2.89. The minimum absolute atomic E-state index is 0. The third-order valence-corrected chi connectivity index (χ3v) is 5.18. The van der Waals surface area contributed by atoms with Crippen molar-refractivity contribution in [3.05, 3.63) is 0 Å². The zero-order valence-corrected chi connectivity index (χ0v) is 17.7. The zero-order valence-electron chi connectivity index (χ0n) is 14.6. The highest BCUT2D eigenvalue weighted by molar-refractivity contribution is 14.0. The Bertz CT molecular complexity index is 451. The Morgan fingerprint density at radius 2 is 2.00 bits per heavy atom. The third-order valence-electron chi connectivity index (χ3n) is 4.15. The fourth-order valence-corrected chi connectivity index (χ4v) is 3.28. The van der Waals surface area contributed by atoms with Gasteiger partial charge < -0.3 is 15.4 Å². The first-order chi connectivity index (χ1) is 10.4. The number of hydrogen-bond acceptors (Lipinski definition) is 4. The Hall–Kier alpha value is -0.0900. The predicted octanol–water partition coefficient (Wildman–Crippen LogP) is 1.80. The molecular formula is C15H32IN3O3S. The number of guanidine groups is 1. The van der Waals surface area contributed by atoms with Crippen LogP contribution in [0.5, 0.6) is 0 Å². The molecule has 6 nitrogen and oxygen atoms in total. The first-order valence-corrected chi connectivity index (χ1v) is 10.2. The molecule has 1 saturated carbocycles. The van der Waals surface area contributed by atoms with Crippen LogP contribution in [0.25, 0.3) is 0 Å². The Morgan fingerprint density at radius 1 is 1.30 bits per heavy atom. The molecule has 23 heavy (non-hydrogen) atoms. The predicted molar refractivity (Wildman–Crippen MR) is 107 cm³/mol. The smallest absolute Gasteiger partial charge is 0.191 e. The number of nitrogens with one attached hydrogen (secondary N) is 2. The average molecular weight is 461 g/mol. The van der Waals surface area contributed by atoms with Crippen LogP contribution in [0.4, 0.5) is 0 Å². The SMILES string of the molecule is CCNC(=NCC1(CCOC)CCC1)NCCCS(C)(=O)=O.I. The van der Waals surface area contributed by atoms with Crippen LogP contribution in [0.15, 0.2) is 4.99 Å². The molecule has 0 bridgehead atoms. The summed E-state index contributed by atoms with van der Waals surface area (Å²) < 4.78 is 27.4. The standard InChI is InChI=1S/C15H31N3O3S.HI/c1-4-16-14(17-10-6-12-22(3,19)20)18-13-15(7-5-8-15)9-11-21-2;/h4-13H2,1-3H3,(H2,16,17,18);1H. The van der Waals surface area contributed by atoms with Crippen molar-refractivity contribution in [2.45, 2.75) is 39.0 Å². The monoisotopic (exact) mass is 461 g/mol. The molecule has 138 valence electrons. The molecule has 0 radical (unpaired) electrons. The fourth-order valence-electron chi connectivity index (χ4n) is 2.61. The number of sulfone groups is 1. The van der Waals surface area contributed by atoms with Crippen LogP contribution in [-0.2, 0) is 14.6 Å². The van der Waals surface area contributed by atoms with Crippen LogP contribution in [0, 0.1) is 5.41 Å². The van der Waals surface area contributed by atoms with E-state index in [2.05, 4.69) is 15.6 Å². The highest BCUT2D eigenvalue weighted by Gasteiger charge is 2.36. The Balaban J connectivity index is 0.00000484. The molecule has 1 fully saturated rings. The van der Waals surface area contributed by atoms with Gasteiger partial charge >= 0.3 is 0 Å². The van der Waals surface area contributed by atoms with E-state index in [4.69, 9.17) is 4.74 Å². The molecule has 0 aliphatic heterocycles. The summed E-state index contributed by atoms with van der Waals surface area (Å²) >= 11 is 0. The summed E-state index contributed by atoms with van der Waals surface area (Å²) in [7, 11) is -1.15. The maximum absolute atomic E-state index is 11.1. The molecule has 0 aromatic heterocycles. The number of rotatable bonds is 10. The van der Waals surface area contributed by atoms with Crippen molar-refractivity contribution in [1.82, 2.24) is 10.6 Å². The van der Waals surface area contributed by atoms with Crippen LogP contribution in [-0.4, -0.2) is 59.7 Å². The van der Waals surface area contributed by atoms with E-state index < -0.39 is 9.84 Å². The number of hydrogen-bond donors (Lipinski definition) is 2. The lowest BCUT2D eigenvalue weighted by Crippen LogP contribution is -2.40. The van der Waals surface area contributed by atoms with Gasteiger partial charge in [-0.05, 0) is 38.0 Å². The summed E-state index contributed by atoms with van der Waals surface area (Å²) in [6.45, 7) is 5.02. The van der Waals surface area contributed by atoms with E-state index in [1.807, 2.05) is 6.92 Å². The second-order valence-electron chi connectivity index (χ2n) is 6.20. The summed E-state index contributed by atoms with van der Waals surface area (Å²) in [4.78, 5) is 4.68. The second-order valence-corrected chi connectivity index (χ2v) is 8.46. The summed E-state index contributed by atoms with van der Waals surface area (Å²) in [6.07, 6.45) is 6.62. The van der Waals surface area contributed by atoms with Crippen molar-refractivity contribution in [3.8, 4) is 0 Å². The molecule has 0 unspecified atom stereocenters. The van der Waals surface area contributed by atoms with E-state index in [9.17, 15) is 8.42 Å². The van der Waals surface area contributed by atoms with Crippen molar-refractivity contribution in [1.29, 1.82) is 0 Å². The number of halogens is 1. The molecule has 1 aliphatic carbocycles. The second kappa shape index (κ2) is 11.5. The lowest BCUT2D eigenvalue weighted by atomic mass is 9.67. The Kier molecular flexibility index (Phi) is 11.4. The van der Waals surface area contributed by atoms with Crippen LogP contribution in [0.1, 0.15) is 39.0 Å². The van der Waals surface area contributed by atoms with Gasteiger partial charge in [-0.25, -0.2) is 8.42 Å². The Labute approximate surface area is 158 Å². The Morgan fingerprint density at radius 3 is 2.48 bits per heavy atom. The van der Waals surface area contributed by atoms with Gasteiger partial charge in [0, 0.05) is 39.6 Å². The van der Waals surface area contributed by atoms with E-state index in [1.54, 1.807) is 7.11 Å². The van der Waals surface area contributed by atoms with Crippen molar-refractivity contribution in [3.63, 3.8) is 0 Å². The lowest BCUT2D eigenvalue weighted by Gasteiger charge is -2.40. The molecule has 1 rings (SSSR count). The van der Waals surface area contributed by atoms with Gasteiger partial charge in [-0.15, -0.1) is 24.0 Å². The quantitative estimate of drug-likeness (QED) is 0.225. The first kappa shape index (κ1) is 22.9. The molecule has 0 heterocycles. The lowest BCUT2D eigenvalue weighted by molar-refractivity contribution is 0.0778. The van der Waals surface area contributed by atoms with Crippen LogP contribution >= 0.6 is 24.0 Å². The van der Waals surface area contributed by atoms with E-state index in [0.29, 0.717) is 18.4 Å². The van der Waals surface area contributed by atoms with Gasteiger partial charge in [0.2, 0.25) is 0 Å². The maximum Gasteiger partial charge on any atom is 0.191 e. The maximum atomic E-state index is 11.1. The van der Waals surface area contributed by atoms with Crippen molar-refractivity contribution in [2.24, 2.45) is 10.4 Å². The molecule has 8 heteroatoms. The molecule has 0 aromatic carbocycles. The van der Waals surface area contributed by atoms with E-state index >= 15 is 0 Å². The van der Waals surface area contributed by atoms with Crippen LogP contribution in [0.2, 0.25) is 0 Å². The van der Waals surface area contributed by atoms with Gasteiger partial charge in [0.25, 0.3) is 0 Å². The van der Waals surface area contributed by atoms with Crippen molar-refractivity contribution >= 4 is 39.8 Å². The molecule has 0 atom stereocenters. The number of ether oxygens (including phenoxy) is 1. The largest absolute Gasteiger partial charge is 0.385 e. The highest BCUT2D eigenvalue weighted by atomic mass is 127. The van der Waals surface area contributed by atoms with Crippen LogP contribution < -0.4 is 10.6 Å². The summed E-state index contributed by atoms with van der Waals surface area (Å²) in [5.74, 6) is 0.983. The average Bonchev–Trinajstić information content (AvgIpc) is 2.40. The molecule has 0 aromatic rings. The summed E-state index contributed by atoms with van der Waals surface area (Å²) in [6, 6.07) is 0. The van der Waals surface area contributed by atoms with Crippen LogP contribution in [0.3, 0.4) is 0 Å². The molecular weight excluding hydrogens is 429 g/mol. The van der Waals surface area contributed by atoms with Gasteiger partial charge in [0.15, 0.2) is 5.96 Å². The van der Waals surface area contributed by atoms with Gasteiger partial charge in [0.1, 0.15) is 9.84 Å². The van der Waals surface area contributed by atoms with E-state index in [1.165, 1.54) is 25.5 Å². The highest BCUT2D eigenvalue weighted by Crippen LogP contribution is 2.44. The molecule has 0 saturated heterocycles.